The molecule has 1 N–H and O–H groups in total. The highest BCUT2D eigenvalue weighted by Crippen LogP contribution is 2.29. The minimum absolute atomic E-state index is 0.145. The standard InChI is InChI=1S/C20H20N2O3S/c1-24-16-8-9-18(25-2)17(12-16)22-19(23)11-15-13-26-20(21-15)10-14-6-4-3-5-7-14/h3-9,12-13H,10-11H2,1-2H3,(H,22,23). The van der Waals surface area contributed by atoms with Crippen LogP contribution in [-0.2, 0) is 17.6 Å². The Morgan fingerprint density at radius 2 is 1.92 bits per heavy atom. The number of carbonyl (C=O) groups excluding carboxylic acids is 1. The lowest BCUT2D eigenvalue weighted by atomic mass is 10.2. The number of thiazole rings is 1. The van der Waals surface area contributed by atoms with Gasteiger partial charge in [0, 0.05) is 17.9 Å². The van der Waals surface area contributed by atoms with Gasteiger partial charge >= 0.3 is 0 Å². The topological polar surface area (TPSA) is 60.5 Å². The van der Waals surface area contributed by atoms with E-state index < -0.39 is 0 Å². The Hall–Kier alpha value is -2.86. The molecule has 0 aliphatic heterocycles. The summed E-state index contributed by atoms with van der Waals surface area (Å²) >= 11 is 1.57. The fraction of sp³-hybridized carbons (Fsp3) is 0.200. The van der Waals surface area contributed by atoms with E-state index in [0.29, 0.717) is 17.2 Å². The molecule has 0 aliphatic carbocycles. The number of methoxy groups -OCH3 is 2. The van der Waals surface area contributed by atoms with E-state index in [2.05, 4.69) is 22.4 Å². The van der Waals surface area contributed by atoms with Crippen molar-refractivity contribution >= 4 is 22.9 Å². The zero-order valence-corrected chi connectivity index (χ0v) is 15.5. The molecule has 134 valence electrons. The number of benzene rings is 2. The average molecular weight is 368 g/mol. The van der Waals surface area contributed by atoms with Gasteiger partial charge < -0.3 is 14.8 Å². The molecular formula is C20H20N2O3S. The molecule has 0 atom stereocenters. The molecule has 0 aliphatic rings. The molecule has 1 amide bonds. The molecule has 1 aromatic heterocycles. The summed E-state index contributed by atoms with van der Waals surface area (Å²) in [7, 11) is 3.14. The molecule has 1 heterocycles. The summed E-state index contributed by atoms with van der Waals surface area (Å²) in [6, 6.07) is 15.4. The number of amides is 1. The maximum Gasteiger partial charge on any atom is 0.230 e. The highest BCUT2D eigenvalue weighted by atomic mass is 32.1. The molecule has 0 spiro atoms. The maximum atomic E-state index is 12.4. The molecule has 3 rings (SSSR count). The Morgan fingerprint density at radius 3 is 2.65 bits per heavy atom. The van der Waals surface area contributed by atoms with E-state index in [4.69, 9.17) is 9.47 Å². The van der Waals surface area contributed by atoms with E-state index in [1.807, 2.05) is 23.6 Å². The van der Waals surface area contributed by atoms with Crippen LogP contribution in [0.2, 0.25) is 0 Å². The van der Waals surface area contributed by atoms with Gasteiger partial charge in [-0.3, -0.25) is 4.79 Å². The van der Waals surface area contributed by atoms with Crippen LogP contribution in [0.5, 0.6) is 11.5 Å². The zero-order valence-electron chi connectivity index (χ0n) is 14.7. The zero-order chi connectivity index (χ0) is 18.4. The van der Waals surface area contributed by atoms with E-state index in [9.17, 15) is 4.79 Å². The van der Waals surface area contributed by atoms with Gasteiger partial charge in [-0.1, -0.05) is 30.3 Å². The minimum atomic E-state index is -0.145. The van der Waals surface area contributed by atoms with Crippen LogP contribution < -0.4 is 14.8 Å². The summed E-state index contributed by atoms with van der Waals surface area (Å²) in [5, 5.41) is 5.79. The Kier molecular flexibility index (Phi) is 5.86. The monoisotopic (exact) mass is 368 g/mol. The summed E-state index contributed by atoms with van der Waals surface area (Å²) in [4.78, 5) is 16.9. The fourth-order valence-corrected chi connectivity index (χ4v) is 3.38. The van der Waals surface area contributed by atoms with Crippen molar-refractivity contribution in [2.24, 2.45) is 0 Å². The van der Waals surface area contributed by atoms with Crippen LogP contribution in [0, 0.1) is 0 Å². The molecule has 0 bridgehead atoms. The lowest BCUT2D eigenvalue weighted by Gasteiger charge is -2.11. The van der Waals surface area contributed by atoms with Crippen LogP contribution in [0.15, 0.2) is 53.9 Å². The third-order valence-corrected chi connectivity index (χ3v) is 4.72. The summed E-state index contributed by atoms with van der Waals surface area (Å²) in [6.45, 7) is 0. The van der Waals surface area contributed by atoms with Crippen LogP contribution in [-0.4, -0.2) is 25.1 Å². The van der Waals surface area contributed by atoms with Gasteiger partial charge in [0.2, 0.25) is 5.91 Å². The van der Waals surface area contributed by atoms with Crippen LogP contribution in [0.4, 0.5) is 5.69 Å². The van der Waals surface area contributed by atoms with Crippen LogP contribution in [0.25, 0.3) is 0 Å². The van der Waals surface area contributed by atoms with Crippen molar-refractivity contribution in [3.8, 4) is 11.5 Å². The van der Waals surface area contributed by atoms with Gasteiger partial charge in [0.25, 0.3) is 0 Å². The number of aromatic nitrogens is 1. The van der Waals surface area contributed by atoms with E-state index in [1.165, 1.54) is 5.56 Å². The third kappa shape index (κ3) is 4.61. The number of nitrogens with zero attached hydrogens (tertiary/aromatic N) is 1. The molecule has 0 radical (unpaired) electrons. The summed E-state index contributed by atoms with van der Waals surface area (Å²) in [5.74, 6) is 1.09. The van der Waals surface area contributed by atoms with Gasteiger partial charge in [0.05, 0.1) is 37.0 Å². The van der Waals surface area contributed by atoms with Gasteiger partial charge in [0.15, 0.2) is 0 Å². The number of rotatable bonds is 7. The summed E-state index contributed by atoms with van der Waals surface area (Å²) < 4.78 is 10.5. The summed E-state index contributed by atoms with van der Waals surface area (Å²) in [6.07, 6.45) is 0.989. The second kappa shape index (κ2) is 8.49. The van der Waals surface area contributed by atoms with Crippen molar-refractivity contribution in [2.75, 3.05) is 19.5 Å². The van der Waals surface area contributed by atoms with Crippen molar-refractivity contribution in [1.29, 1.82) is 0 Å². The molecule has 5 nitrogen and oxygen atoms in total. The van der Waals surface area contributed by atoms with Crippen molar-refractivity contribution in [3.05, 3.63) is 70.2 Å². The lowest BCUT2D eigenvalue weighted by molar-refractivity contribution is -0.115. The molecule has 26 heavy (non-hydrogen) atoms. The highest BCUT2D eigenvalue weighted by Gasteiger charge is 2.12. The Bertz CT molecular complexity index is 878. The summed E-state index contributed by atoms with van der Waals surface area (Å²) in [5.41, 5.74) is 2.55. The van der Waals surface area contributed by atoms with Gasteiger partial charge in [-0.25, -0.2) is 4.98 Å². The lowest BCUT2D eigenvalue weighted by Crippen LogP contribution is -2.15. The molecule has 0 unspecified atom stereocenters. The van der Waals surface area contributed by atoms with Crippen LogP contribution in [0.3, 0.4) is 0 Å². The third-order valence-electron chi connectivity index (χ3n) is 3.82. The van der Waals surface area contributed by atoms with Crippen LogP contribution >= 0.6 is 11.3 Å². The normalized spacial score (nSPS) is 10.4. The first-order chi connectivity index (χ1) is 12.7. The van der Waals surface area contributed by atoms with E-state index in [-0.39, 0.29) is 12.3 Å². The first-order valence-corrected chi connectivity index (χ1v) is 9.05. The second-order valence-corrected chi connectivity index (χ2v) is 6.63. The minimum Gasteiger partial charge on any atom is -0.497 e. The largest absolute Gasteiger partial charge is 0.497 e. The fourth-order valence-electron chi connectivity index (χ4n) is 2.55. The van der Waals surface area contributed by atoms with Crippen molar-refractivity contribution in [3.63, 3.8) is 0 Å². The van der Waals surface area contributed by atoms with Gasteiger partial charge in [-0.05, 0) is 17.7 Å². The first-order valence-electron chi connectivity index (χ1n) is 8.17. The van der Waals surface area contributed by atoms with E-state index in [0.717, 1.165) is 17.1 Å². The smallest absolute Gasteiger partial charge is 0.230 e. The Morgan fingerprint density at radius 1 is 1.12 bits per heavy atom. The quantitative estimate of drug-likeness (QED) is 0.686. The predicted octanol–water partition coefficient (Wildman–Crippen LogP) is 3.93. The number of carbonyl (C=O) groups is 1. The molecule has 3 aromatic rings. The number of anilines is 1. The second-order valence-electron chi connectivity index (χ2n) is 5.69. The SMILES string of the molecule is COc1ccc(OC)c(NC(=O)Cc2csc(Cc3ccccc3)n2)c1. The van der Waals surface area contributed by atoms with Gasteiger partial charge in [-0.15, -0.1) is 11.3 Å². The number of nitrogens with one attached hydrogen (secondary N) is 1. The maximum absolute atomic E-state index is 12.4. The van der Waals surface area contributed by atoms with Gasteiger partial charge in [-0.2, -0.15) is 0 Å². The Balaban J connectivity index is 1.64. The van der Waals surface area contributed by atoms with E-state index >= 15 is 0 Å². The van der Waals surface area contributed by atoms with Crippen molar-refractivity contribution in [2.45, 2.75) is 12.8 Å². The molecule has 0 saturated heterocycles. The molecule has 0 saturated carbocycles. The number of ether oxygens (including phenoxy) is 2. The number of hydrogen-bond donors (Lipinski definition) is 1. The van der Waals surface area contributed by atoms with Crippen molar-refractivity contribution < 1.29 is 14.3 Å². The van der Waals surface area contributed by atoms with E-state index in [1.54, 1.807) is 43.8 Å². The molecule has 2 aromatic carbocycles. The molecule has 6 heteroatoms. The highest BCUT2D eigenvalue weighted by molar-refractivity contribution is 7.09. The first kappa shape index (κ1) is 17.9. The van der Waals surface area contributed by atoms with Gasteiger partial charge in [0.1, 0.15) is 11.5 Å². The number of hydrogen-bond acceptors (Lipinski definition) is 5. The average Bonchev–Trinajstić information content (AvgIpc) is 3.09. The molecular weight excluding hydrogens is 348 g/mol. The Labute approximate surface area is 156 Å². The van der Waals surface area contributed by atoms with Crippen LogP contribution in [0.1, 0.15) is 16.3 Å². The van der Waals surface area contributed by atoms with Crippen molar-refractivity contribution in [1.82, 2.24) is 4.98 Å². The molecule has 0 fully saturated rings. The predicted molar refractivity (Wildman–Crippen MR) is 103 cm³/mol.